The number of hydrogen-bond acceptors (Lipinski definition) is 7. The van der Waals surface area contributed by atoms with E-state index in [1.54, 1.807) is 42.5 Å². The van der Waals surface area contributed by atoms with Gasteiger partial charge in [-0.1, -0.05) is 76.7 Å². The number of carbonyl (C=O) groups is 3. The van der Waals surface area contributed by atoms with Crippen molar-refractivity contribution in [2.45, 2.75) is 17.8 Å². The molecule has 0 radical (unpaired) electrons. The molecule has 0 aromatic heterocycles. The Morgan fingerprint density at radius 2 is 1.59 bits per heavy atom. The number of ether oxygens (including phenoxy) is 2. The zero-order valence-corrected chi connectivity index (χ0v) is 24.3. The summed E-state index contributed by atoms with van der Waals surface area (Å²) in [6.45, 7) is 4.09. The Kier molecular flexibility index (Phi) is 10.9. The van der Waals surface area contributed by atoms with Gasteiger partial charge in [0, 0.05) is 18.6 Å². The van der Waals surface area contributed by atoms with Gasteiger partial charge in [-0.2, -0.15) is 4.39 Å². The number of para-hydroxylation sites is 1. The zero-order chi connectivity index (χ0) is 28.7. The maximum absolute atomic E-state index is 13.0. The summed E-state index contributed by atoms with van der Waals surface area (Å²) in [5.41, 5.74) is 2.81. The monoisotopic (exact) mass is 632 g/mol. The second-order valence-electron chi connectivity index (χ2n) is 7.75. The molecule has 1 aliphatic heterocycles. The van der Waals surface area contributed by atoms with Crippen LogP contribution in [-0.4, -0.2) is 39.4 Å². The standard InChI is InChI=1S/C17H17Cl2NO3.C9H4Cl2FNO2S/c1-3-22-10-23-17(21)12-6-4-5-7-14(12)20-16-13(18)9-8-11(2)15(16)19;10-9(11,12)16-13-7(14)5-3-1-2-4-6(5)8(13)15/h4-9,20H,3,10H2,1-2H3;1-4H. The van der Waals surface area contributed by atoms with Crippen LogP contribution >= 0.6 is 58.4 Å². The number of anilines is 2. The number of alkyl halides is 3. The smallest absolute Gasteiger partial charge is 0.342 e. The second-order valence-corrected chi connectivity index (χ2v) is 11.3. The van der Waals surface area contributed by atoms with Crippen LogP contribution < -0.4 is 5.32 Å². The minimum Gasteiger partial charge on any atom is -0.435 e. The topological polar surface area (TPSA) is 84.9 Å². The van der Waals surface area contributed by atoms with Crippen LogP contribution in [0, 0.1) is 6.92 Å². The first kappa shape index (κ1) is 31.0. The number of rotatable bonds is 8. The molecule has 0 unspecified atom stereocenters. The number of halogens is 5. The number of fused-ring (bicyclic) bond motifs is 1. The van der Waals surface area contributed by atoms with Gasteiger partial charge in [0.2, 0.25) is 0 Å². The molecule has 0 fully saturated rings. The van der Waals surface area contributed by atoms with Crippen LogP contribution in [-0.2, 0) is 9.47 Å². The van der Waals surface area contributed by atoms with Crippen molar-refractivity contribution in [1.29, 1.82) is 0 Å². The maximum Gasteiger partial charge on any atom is 0.342 e. The molecule has 206 valence electrons. The molecule has 7 nitrogen and oxygen atoms in total. The Hall–Kier alpha value is -2.53. The first-order valence-corrected chi connectivity index (χ1v) is 13.5. The van der Waals surface area contributed by atoms with E-state index in [1.807, 2.05) is 19.9 Å². The number of carbonyl (C=O) groups excluding carboxylic acids is 3. The number of nitrogens with one attached hydrogen (secondary N) is 1. The summed E-state index contributed by atoms with van der Waals surface area (Å²) in [6, 6.07) is 16.8. The van der Waals surface area contributed by atoms with Crippen LogP contribution in [0.25, 0.3) is 0 Å². The number of imide groups is 1. The first-order valence-electron chi connectivity index (χ1n) is 11.2. The van der Waals surface area contributed by atoms with Gasteiger partial charge in [0.1, 0.15) is 0 Å². The first-order chi connectivity index (χ1) is 18.4. The third kappa shape index (κ3) is 8.00. The minimum atomic E-state index is -2.71. The summed E-state index contributed by atoms with van der Waals surface area (Å²) < 4.78 is 21.0. The highest BCUT2D eigenvalue weighted by molar-refractivity contribution is 8.01. The molecule has 0 atom stereocenters. The molecule has 2 amide bonds. The average molecular weight is 634 g/mol. The molecular weight excluding hydrogens is 613 g/mol. The number of amides is 2. The van der Waals surface area contributed by atoms with Crippen molar-refractivity contribution in [1.82, 2.24) is 4.31 Å². The van der Waals surface area contributed by atoms with E-state index in [0.717, 1.165) is 5.56 Å². The van der Waals surface area contributed by atoms with E-state index in [9.17, 15) is 18.8 Å². The fourth-order valence-electron chi connectivity index (χ4n) is 3.29. The van der Waals surface area contributed by atoms with E-state index in [1.165, 1.54) is 12.1 Å². The number of hydrogen-bond donors (Lipinski definition) is 1. The van der Waals surface area contributed by atoms with Crippen LogP contribution in [0.1, 0.15) is 43.6 Å². The highest BCUT2D eigenvalue weighted by atomic mass is 35.5. The lowest BCUT2D eigenvalue weighted by molar-refractivity contribution is -0.0273. The molecule has 0 bridgehead atoms. The number of esters is 1. The Bertz CT molecular complexity index is 1350. The molecule has 0 spiro atoms. The van der Waals surface area contributed by atoms with E-state index in [-0.39, 0.29) is 29.9 Å². The van der Waals surface area contributed by atoms with Gasteiger partial charge in [0.25, 0.3) is 11.8 Å². The molecular formula is C26H21Cl4FN2O5S. The van der Waals surface area contributed by atoms with Crippen LogP contribution in [0.2, 0.25) is 10.0 Å². The number of nitrogens with zero attached hydrogens (tertiary/aromatic N) is 1. The van der Waals surface area contributed by atoms with Gasteiger partial charge in [0.05, 0.1) is 38.1 Å². The lowest BCUT2D eigenvalue weighted by Crippen LogP contribution is -2.25. The van der Waals surface area contributed by atoms with Gasteiger partial charge in [-0.25, -0.2) is 9.10 Å². The van der Waals surface area contributed by atoms with E-state index in [0.29, 0.717) is 37.9 Å². The summed E-state index contributed by atoms with van der Waals surface area (Å²) in [7, 11) is 0. The maximum atomic E-state index is 13.0. The summed E-state index contributed by atoms with van der Waals surface area (Å²) in [5, 5.41) is 4.10. The Morgan fingerprint density at radius 1 is 1.00 bits per heavy atom. The predicted molar refractivity (Wildman–Crippen MR) is 153 cm³/mol. The van der Waals surface area contributed by atoms with Gasteiger partial charge < -0.3 is 14.8 Å². The number of benzene rings is 3. The predicted octanol–water partition coefficient (Wildman–Crippen LogP) is 8.19. The summed E-state index contributed by atoms with van der Waals surface area (Å²) in [4.78, 5) is 35.5. The van der Waals surface area contributed by atoms with Crippen LogP contribution in [0.4, 0.5) is 15.8 Å². The summed E-state index contributed by atoms with van der Waals surface area (Å²) in [5.74, 6) is -1.72. The SMILES string of the molecule is CCOCOC(=O)c1ccccc1Nc1c(Cl)ccc(C)c1Cl.O=C1c2ccccc2C(=O)N1SC(F)(Cl)Cl. The van der Waals surface area contributed by atoms with E-state index >= 15 is 0 Å². The van der Waals surface area contributed by atoms with Gasteiger partial charge in [-0.3, -0.25) is 9.59 Å². The molecule has 1 heterocycles. The van der Waals surface area contributed by atoms with Crippen LogP contribution in [0.5, 0.6) is 0 Å². The summed E-state index contributed by atoms with van der Waals surface area (Å²) >= 11 is 22.8. The molecule has 0 saturated carbocycles. The molecule has 0 aliphatic carbocycles. The van der Waals surface area contributed by atoms with Crippen molar-refractivity contribution in [2.24, 2.45) is 0 Å². The molecule has 1 aliphatic rings. The molecule has 3 aromatic rings. The Balaban J connectivity index is 0.000000230. The normalized spacial score (nSPS) is 12.5. The fourth-order valence-corrected chi connectivity index (χ4v) is 4.73. The highest BCUT2D eigenvalue weighted by Gasteiger charge is 2.41. The van der Waals surface area contributed by atoms with Gasteiger partial charge >= 0.3 is 9.89 Å². The van der Waals surface area contributed by atoms with E-state index in [2.05, 4.69) is 5.32 Å². The van der Waals surface area contributed by atoms with Crippen molar-refractivity contribution in [2.75, 3.05) is 18.7 Å². The quantitative estimate of drug-likeness (QED) is 0.0668. The average Bonchev–Trinajstić information content (AvgIpc) is 3.13. The van der Waals surface area contributed by atoms with Crippen molar-refractivity contribution >= 4 is 87.5 Å². The zero-order valence-electron chi connectivity index (χ0n) is 20.5. The Morgan fingerprint density at radius 3 is 2.18 bits per heavy atom. The molecule has 3 aromatic carbocycles. The van der Waals surface area contributed by atoms with Crippen molar-refractivity contribution in [3.05, 3.63) is 93.0 Å². The van der Waals surface area contributed by atoms with E-state index in [4.69, 9.17) is 55.9 Å². The van der Waals surface area contributed by atoms with Crippen molar-refractivity contribution < 1.29 is 28.2 Å². The molecule has 1 N–H and O–H groups in total. The lowest BCUT2D eigenvalue weighted by atomic mass is 10.1. The largest absolute Gasteiger partial charge is 0.435 e. The van der Waals surface area contributed by atoms with Gasteiger partial charge in [-0.05, 0) is 49.7 Å². The van der Waals surface area contributed by atoms with Crippen molar-refractivity contribution in [3.63, 3.8) is 0 Å². The second kappa shape index (κ2) is 13.7. The molecule has 13 heteroatoms. The number of aryl methyl sites for hydroxylation is 1. The van der Waals surface area contributed by atoms with Crippen LogP contribution in [0.3, 0.4) is 0 Å². The molecule has 4 rings (SSSR count). The lowest BCUT2D eigenvalue weighted by Gasteiger charge is -2.15. The molecule has 0 saturated heterocycles. The fraction of sp³-hybridized carbons (Fsp3) is 0.192. The third-order valence-corrected chi connectivity index (χ3v) is 7.06. The molecule has 39 heavy (non-hydrogen) atoms. The van der Waals surface area contributed by atoms with Crippen LogP contribution in [0.15, 0.2) is 60.7 Å². The van der Waals surface area contributed by atoms with Gasteiger partial charge in [0.15, 0.2) is 6.79 Å². The highest BCUT2D eigenvalue weighted by Crippen LogP contribution is 2.42. The van der Waals surface area contributed by atoms with Crippen molar-refractivity contribution in [3.8, 4) is 0 Å². The minimum absolute atomic E-state index is 0.0877. The summed E-state index contributed by atoms with van der Waals surface area (Å²) in [6.07, 6.45) is 0. The third-order valence-electron chi connectivity index (χ3n) is 5.12. The van der Waals surface area contributed by atoms with E-state index < -0.39 is 21.7 Å². The van der Waals surface area contributed by atoms with Gasteiger partial charge in [-0.15, -0.1) is 0 Å². The Labute approximate surface area is 248 Å².